The van der Waals surface area contributed by atoms with Gasteiger partial charge in [-0.05, 0) is 13.0 Å². The van der Waals surface area contributed by atoms with Crippen LogP contribution in [0.25, 0.3) is 0 Å². The number of allylic oxidation sites excluding steroid dienone is 2. The van der Waals surface area contributed by atoms with Crippen molar-refractivity contribution < 1.29 is 9.59 Å². The molecule has 0 fully saturated rings. The topological polar surface area (TPSA) is 46.2 Å². The molecule has 1 aliphatic rings. The molecule has 0 aromatic carbocycles. The Morgan fingerprint density at radius 1 is 1.64 bits per heavy atom. The molecule has 1 heterocycles. The van der Waals surface area contributed by atoms with E-state index in [1.54, 1.807) is 12.2 Å². The molecule has 0 spiro atoms. The van der Waals surface area contributed by atoms with Crippen molar-refractivity contribution in [1.29, 1.82) is 0 Å². The largest absolute Gasteiger partial charge is 0.332 e. The summed E-state index contributed by atoms with van der Waals surface area (Å²) in [6.45, 7) is 1.46. The van der Waals surface area contributed by atoms with Crippen LogP contribution in [0, 0.1) is 0 Å². The highest BCUT2D eigenvalue weighted by Gasteiger charge is 2.09. The molecule has 0 aromatic rings. The number of nitrogens with one attached hydrogen (secondary N) is 1. The van der Waals surface area contributed by atoms with Gasteiger partial charge in [0.1, 0.15) is 0 Å². The number of Topliss-reactive ketones (excluding diaryl/α,β-unsaturated/α-hetero) is 1. The van der Waals surface area contributed by atoms with Crippen molar-refractivity contribution in [3.05, 3.63) is 23.9 Å². The predicted octanol–water partition coefficient (Wildman–Crippen LogP) is 0.535. The van der Waals surface area contributed by atoms with Crippen LogP contribution < -0.4 is 5.32 Å². The third-order valence-electron chi connectivity index (χ3n) is 1.44. The highest BCUT2D eigenvalue weighted by atomic mass is 16.2. The van der Waals surface area contributed by atoms with Crippen LogP contribution in [0.15, 0.2) is 23.9 Å². The Morgan fingerprint density at radius 2 is 2.36 bits per heavy atom. The molecule has 0 saturated carbocycles. The number of ketones is 1. The van der Waals surface area contributed by atoms with Crippen LogP contribution in [-0.4, -0.2) is 11.7 Å². The number of carbonyl (C=O) groups excluding carboxylic acids is 2. The first-order valence-corrected chi connectivity index (χ1v) is 3.36. The Bertz CT molecular complexity index is 251. The first kappa shape index (κ1) is 7.72. The van der Waals surface area contributed by atoms with E-state index in [0.29, 0.717) is 5.57 Å². The molecule has 0 aromatic heterocycles. The second-order valence-corrected chi connectivity index (χ2v) is 2.35. The zero-order valence-electron chi connectivity index (χ0n) is 6.26. The molecule has 0 radical (unpaired) electrons. The van der Waals surface area contributed by atoms with Gasteiger partial charge in [0.25, 0.3) is 0 Å². The molecule has 0 bridgehead atoms. The van der Waals surface area contributed by atoms with Gasteiger partial charge in [-0.2, -0.15) is 0 Å². The Balaban J connectivity index is 2.80. The lowest BCUT2D eigenvalue weighted by Crippen LogP contribution is -2.17. The summed E-state index contributed by atoms with van der Waals surface area (Å²) < 4.78 is 0. The van der Waals surface area contributed by atoms with E-state index >= 15 is 0 Å². The fraction of sp³-hybridized carbons (Fsp3) is 0.250. The Hall–Kier alpha value is -1.38. The SMILES string of the molecule is CC(=O)C1=CC=CNC(=O)C1. The van der Waals surface area contributed by atoms with Gasteiger partial charge in [-0.3, -0.25) is 9.59 Å². The molecule has 1 amide bonds. The molecule has 1 aliphatic heterocycles. The fourth-order valence-corrected chi connectivity index (χ4v) is 0.830. The summed E-state index contributed by atoms with van der Waals surface area (Å²) in [4.78, 5) is 21.7. The number of hydrogen-bond donors (Lipinski definition) is 1. The van der Waals surface area contributed by atoms with Crippen molar-refractivity contribution in [1.82, 2.24) is 5.32 Å². The molecular formula is C8H9NO2. The van der Waals surface area contributed by atoms with Gasteiger partial charge in [-0.15, -0.1) is 0 Å². The molecule has 0 aliphatic carbocycles. The Kier molecular flexibility index (Phi) is 2.21. The zero-order valence-corrected chi connectivity index (χ0v) is 6.26. The fourth-order valence-electron chi connectivity index (χ4n) is 0.830. The first-order chi connectivity index (χ1) is 5.20. The third kappa shape index (κ3) is 2.04. The van der Waals surface area contributed by atoms with E-state index in [1.165, 1.54) is 13.1 Å². The van der Waals surface area contributed by atoms with Gasteiger partial charge in [0.15, 0.2) is 5.78 Å². The van der Waals surface area contributed by atoms with E-state index in [1.807, 2.05) is 0 Å². The highest BCUT2D eigenvalue weighted by Crippen LogP contribution is 2.05. The molecule has 3 nitrogen and oxygen atoms in total. The summed E-state index contributed by atoms with van der Waals surface area (Å²) in [6.07, 6.45) is 5.02. The number of rotatable bonds is 1. The summed E-state index contributed by atoms with van der Waals surface area (Å²) in [5.74, 6) is -0.188. The smallest absolute Gasteiger partial charge is 0.228 e. The van der Waals surface area contributed by atoms with E-state index < -0.39 is 0 Å². The lowest BCUT2D eigenvalue weighted by molar-refractivity contribution is -0.121. The second kappa shape index (κ2) is 3.14. The number of hydrogen-bond acceptors (Lipinski definition) is 2. The summed E-state index contributed by atoms with van der Waals surface area (Å²) in [7, 11) is 0. The van der Waals surface area contributed by atoms with Gasteiger partial charge >= 0.3 is 0 Å². The molecular weight excluding hydrogens is 142 g/mol. The molecule has 0 saturated heterocycles. The van der Waals surface area contributed by atoms with Crippen molar-refractivity contribution in [2.24, 2.45) is 0 Å². The van der Waals surface area contributed by atoms with Crippen LogP contribution >= 0.6 is 0 Å². The molecule has 58 valence electrons. The second-order valence-electron chi connectivity index (χ2n) is 2.35. The maximum Gasteiger partial charge on any atom is 0.228 e. The van der Waals surface area contributed by atoms with Gasteiger partial charge in [-0.25, -0.2) is 0 Å². The van der Waals surface area contributed by atoms with Crippen LogP contribution in [0.3, 0.4) is 0 Å². The summed E-state index contributed by atoms with van der Waals surface area (Å²) in [5, 5.41) is 2.51. The van der Waals surface area contributed by atoms with Crippen LogP contribution in [0.2, 0.25) is 0 Å². The van der Waals surface area contributed by atoms with E-state index in [-0.39, 0.29) is 18.1 Å². The minimum Gasteiger partial charge on any atom is -0.332 e. The average molecular weight is 151 g/mol. The maximum atomic E-state index is 10.8. The van der Waals surface area contributed by atoms with E-state index in [0.717, 1.165) is 0 Å². The lowest BCUT2D eigenvalue weighted by Gasteiger charge is -1.97. The van der Waals surface area contributed by atoms with Gasteiger partial charge < -0.3 is 5.32 Å². The predicted molar refractivity (Wildman–Crippen MR) is 40.7 cm³/mol. The van der Waals surface area contributed by atoms with Crippen molar-refractivity contribution >= 4 is 11.7 Å². The minimum atomic E-state index is -0.139. The monoisotopic (exact) mass is 151 g/mol. The van der Waals surface area contributed by atoms with Gasteiger partial charge in [-0.1, -0.05) is 6.08 Å². The van der Waals surface area contributed by atoms with Crippen LogP contribution in [0.4, 0.5) is 0 Å². The molecule has 0 unspecified atom stereocenters. The average Bonchev–Trinajstić information content (AvgIpc) is 2.13. The van der Waals surface area contributed by atoms with Crippen molar-refractivity contribution in [2.75, 3.05) is 0 Å². The van der Waals surface area contributed by atoms with E-state index in [9.17, 15) is 9.59 Å². The normalized spacial score (nSPS) is 16.8. The maximum absolute atomic E-state index is 10.8. The van der Waals surface area contributed by atoms with Crippen molar-refractivity contribution in [2.45, 2.75) is 13.3 Å². The first-order valence-electron chi connectivity index (χ1n) is 3.36. The number of amides is 1. The standard InChI is InChI=1S/C8H9NO2/c1-6(10)7-3-2-4-9-8(11)5-7/h2-4H,5H2,1H3,(H,9,11). The third-order valence-corrected chi connectivity index (χ3v) is 1.44. The quantitative estimate of drug-likeness (QED) is 0.594. The van der Waals surface area contributed by atoms with Crippen LogP contribution in [0.1, 0.15) is 13.3 Å². The lowest BCUT2D eigenvalue weighted by atomic mass is 10.1. The molecule has 1 rings (SSSR count). The molecule has 3 heteroatoms. The highest BCUT2D eigenvalue weighted by molar-refractivity contribution is 5.99. The Labute approximate surface area is 64.8 Å². The van der Waals surface area contributed by atoms with Crippen molar-refractivity contribution in [3.8, 4) is 0 Å². The molecule has 1 N–H and O–H groups in total. The molecule has 11 heavy (non-hydrogen) atoms. The van der Waals surface area contributed by atoms with Crippen LogP contribution in [-0.2, 0) is 9.59 Å². The summed E-state index contributed by atoms with van der Waals surface area (Å²) >= 11 is 0. The number of carbonyl (C=O) groups is 2. The van der Waals surface area contributed by atoms with Gasteiger partial charge in [0, 0.05) is 11.8 Å². The summed E-state index contributed by atoms with van der Waals surface area (Å²) in [6, 6.07) is 0. The van der Waals surface area contributed by atoms with Crippen molar-refractivity contribution in [3.63, 3.8) is 0 Å². The minimum absolute atomic E-state index is 0.0494. The van der Waals surface area contributed by atoms with E-state index in [4.69, 9.17) is 0 Å². The van der Waals surface area contributed by atoms with E-state index in [2.05, 4.69) is 5.32 Å². The van der Waals surface area contributed by atoms with Crippen LogP contribution in [0.5, 0.6) is 0 Å². The van der Waals surface area contributed by atoms with Gasteiger partial charge in [0.2, 0.25) is 5.91 Å². The zero-order chi connectivity index (χ0) is 8.27. The molecule has 0 atom stereocenters. The van der Waals surface area contributed by atoms with Gasteiger partial charge in [0.05, 0.1) is 6.42 Å². The Morgan fingerprint density at radius 3 is 3.00 bits per heavy atom. The summed E-state index contributed by atoms with van der Waals surface area (Å²) in [5.41, 5.74) is 0.552.